The number of nitriles is 1. The number of aliphatic hydroxyl groups is 1. The Balaban J connectivity index is 1.69. The summed E-state index contributed by atoms with van der Waals surface area (Å²) in [6.45, 7) is 1.75. The second-order valence-corrected chi connectivity index (χ2v) is 7.88. The average Bonchev–Trinajstić information content (AvgIpc) is 3.15. The molecule has 2 heterocycles. The molecule has 1 amide bonds. The van der Waals surface area contributed by atoms with Gasteiger partial charge in [0, 0.05) is 42.9 Å². The number of carbonyl (C=O) groups is 1. The number of nitrogens with one attached hydrogen (secondary N) is 1. The maximum absolute atomic E-state index is 14.9. The fraction of sp³-hybridized carbons (Fsp3) is 0.318. The van der Waals surface area contributed by atoms with E-state index in [-0.39, 0.29) is 40.0 Å². The number of morpholine rings is 1. The summed E-state index contributed by atoms with van der Waals surface area (Å²) in [6, 6.07) is 8.90. The third-order valence-corrected chi connectivity index (χ3v) is 5.74. The largest absolute Gasteiger partial charge is 0.485 e. The minimum absolute atomic E-state index is 0.0518. The van der Waals surface area contributed by atoms with Crippen LogP contribution in [0.15, 0.2) is 35.4 Å². The molecule has 172 valence electrons. The zero-order valence-corrected chi connectivity index (χ0v) is 18.5. The Hall–Kier alpha value is -3.39. The first-order valence-electron chi connectivity index (χ1n) is 10.2. The number of amidine groups is 1. The summed E-state index contributed by atoms with van der Waals surface area (Å²) in [5.74, 6) is -0.215. The molecule has 0 bridgehead atoms. The molecular formula is C22H21ClFN5O4. The summed E-state index contributed by atoms with van der Waals surface area (Å²) in [4.78, 5) is 16.0. The lowest BCUT2D eigenvalue weighted by molar-refractivity contribution is 0.0303. The number of ether oxygens (including phenoxy) is 2. The Kier molecular flexibility index (Phi) is 6.65. The third kappa shape index (κ3) is 4.71. The zero-order valence-electron chi connectivity index (χ0n) is 17.7. The molecule has 0 saturated carbocycles. The molecular weight excluding hydrogens is 453 g/mol. The standard InChI is InChI=1S/C22H21ClFN5O4/c1-28-20(26-27-22(28)31)12-33-19-10-17(23)14(11-25)9-16(19)15-8-13(2-3-18(15)24)21(30)29-4-6-32-7-5-29/h2-3,8-10,22,27,31H,4-7,12H2,1H3. The van der Waals surface area contributed by atoms with Gasteiger partial charge in [-0.1, -0.05) is 11.6 Å². The van der Waals surface area contributed by atoms with Crippen LogP contribution < -0.4 is 10.2 Å². The lowest BCUT2D eigenvalue weighted by atomic mass is 9.99. The molecule has 9 nitrogen and oxygen atoms in total. The maximum Gasteiger partial charge on any atom is 0.254 e. The highest BCUT2D eigenvalue weighted by atomic mass is 35.5. The van der Waals surface area contributed by atoms with Gasteiger partial charge in [-0.3, -0.25) is 10.2 Å². The fourth-order valence-corrected chi connectivity index (χ4v) is 3.70. The topological polar surface area (TPSA) is 110 Å². The van der Waals surface area contributed by atoms with Gasteiger partial charge < -0.3 is 24.4 Å². The van der Waals surface area contributed by atoms with Gasteiger partial charge in [0.15, 0.2) is 5.84 Å². The molecule has 0 radical (unpaired) electrons. The number of aliphatic hydroxyl groups excluding tert-OH is 1. The quantitative estimate of drug-likeness (QED) is 0.683. The van der Waals surface area contributed by atoms with Crippen molar-refractivity contribution < 1.29 is 23.8 Å². The number of benzene rings is 2. The summed E-state index contributed by atoms with van der Waals surface area (Å²) in [7, 11) is 1.62. The van der Waals surface area contributed by atoms with Gasteiger partial charge in [-0.25, -0.2) is 4.39 Å². The Labute approximate surface area is 194 Å². The van der Waals surface area contributed by atoms with Crippen molar-refractivity contribution in [3.05, 3.63) is 52.3 Å². The number of halogens is 2. The lowest BCUT2D eigenvalue weighted by Crippen LogP contribution is -2.40. The zero-order chi connectivity index (χ0) is 23.5. The Bertz CT molecular complexity index is 1150. The molecule has 1 saturated heterocycles. The van der Waals surface area contributed by atoms with Gasteiger partial charge in [-0.05, 0) is 24.3 Å². The predicted molar refractivity (Wildman–Crippen MR) is 118 cm³/mol. The van der Waals surface area contributed by atoms with Crippen LogP contribution in [0.4, 0.5) is 4.39 Å². The second kappa shape index (κ2) is 9.62. The van der Waals surface area contributed by atoms with Crippen LogP contribution in [-0.4, -0.2) is 73.0 Å². The average molecular weight is 474 g/mol. The van der Waals surface area contributed by atoms with Crippen molar-refractivity contribution in [2.45, 2.75) is 6.35 Å². The first kappa shape index (κ1) is 22.8. The van der Waals surface area contributed by atoms with E-state index >= 15 is 0 Å². The molecule has 1 unspecified atom stereocenters. The number of hydrogen-bond donors (Lipinski definition) is 2. The van der Waals surface area contributed by atoms with E-state index in [2.05, 4.69) is 10.5 Å². The number of hydrazone groups is 1. The molecule has 0 aromatic heterocycles. The van der Waals surface area contributed by atoms with Gasteiger partial charge in [0.2, 0.25) is 6.35 Å². The van der Waals surface area contributed by atoms with Crippen LogP contribution in [0.2, 0.25) is 5.02 Å². The van der Waals surface area contributed by atoms with Crippen molar-refractivity contribution in [3.8, 4) is 22.9 Å². The first-order chi connectivity index (χ1) is 15.9. The van der Waals surface area contributed by atoms with E-state index in [1.54, 1.807) is 11.9 Å². The van der Waals surface area contributed by atoms with Gasteiger partial charge in [-0.15, -0.1) is 0 Å². The molecule has 2 aliphatic heterocycles. The SMILES string of the molecule is CN1C(COc2cc(Cl)c(C#N)cc2-c2cc(C(=O)N3CCOCC3)ccc2F)=NNC1O. The lowest BCUT2D eigenvalue weighted by Gasteiger charge is -2.27. The first-order valence-corrected chi connectivity index (χ1v) is 10.5. The van der Waals surface area contributed by atoms with Crippen molar-refractivity contribution >= 4 is 23.3 Å². The van der Waals surface area contributed by atoms with Gasteiger partial charge in [-0.2, -0.15) is 10.4 Å². The van der Waals surface area contributed by atoms with E-state index < -0.39 is 12.2 Å². The Morgan fingerprint density at radius 1 is 1.36 bits per heavy atom. The van der Waals surface area contributed by atoms with Crippen molar-refractivity contribution in [2.75, 3.05) is 40.0 Å². The summed E-state index contributed by atoms with van der Waals surface area (Å²) in [5, 5.41) is 23.3. The Morgan fingerprint density at radius 2 is 2.12 bits per heavy atom. The molecule has 1 fully saturated rings. The number of nitrogens with zero attached hydrogens (tertiary/aromatic N) is 4. The molecule has 4 rings (SSSR count). The molecule has 2 aliphatic rings. The maximum atomic E-state index is 14.9. The highest BCUT2D eigenvalue weighted by Crippen LogP contribution is 2.37. The predicted octanol–water partition coefficient (Wildman–Crippen LogP) is 1.99. The number of amides is 1. The minimum Gasteiger partial charge on any atom is -0.485 e. The van der Waals surface area contributed by atoms with E-state index in [4.69, 9.17) is 21.1 Å². The van der Waals surface area contributed by atoms with E-state index in [0.29, 0.717) is 37.7 Å². The van der Waals surface area contributed by atoms with Crippen molar-refractivity contribution in [3.63, 3.8) is 0 Å². The molecule has 2 N–H and O–H groups in total. The summed E-state index contributed by atoms with van der Waals surface area (Å²) in [6.07, 6.45) is -0.979. The highest BCUT2D eigenvalue weighted by Gasteiger charge is 2.24. The van der Waals surface area contributed by atoms with Gasteiger partial charge in [0.1, 0.15) is 24.2 Å². The van der Waals surface area contributed by atoms with Gasteiger partial charge in [0.25, 0.3) is 5.91 Å². The monoisotopic (exact) mass is 473 g/mol. The Morgan fingerprint density at radius 3 is 2.79 bits per heavy atom. The number of hydrogen-bond acceptors (Lipinski definition) is 8. The van der Waals surface area contributed by atoms with Crippen LogP contribution in [0.3, 0.4) is 0 Å². The van der Waals surface area contributed by atoms with E-state index in [1.807, 2.05) is 6.07 Å². The fourth-order valence-electron chi connectivity index (χ4n) is 3.50. The van der Waals surface area contributed by atoms with Crippen LogP contribution in [0, 0.1) is 17.1 Å². The number of rotatable bonds is 5. The van der Waals surface area contributed by atoms with Crippen LogP contribution in [0.1, 0.15) is 15.9 Å². The summed E-state index contributed by atoms with van der Waals surface area (Å²) < 4.78 is 26.1. The van der Waals surface area contributed by atoms with Crippen molar-refractivity contribution in [1.82, 2.24) is 15.2 Å². The van der Waals surface area contributed by atoms with Crippen LogP contribution in [0.5, 0.6) is 5.75 Å². The van der Waals surface area contributed by atoms with Gasteiger partial charge in [0.05, 0.1) is 23.8 Å². The normalized spacial score (nSPS) is 17.9. The van der Waals surface area contributed by atoms with Crippen molar-refractivity contribution in [1.29, 1.82) is 5.26 Å². The second-order valence-electron chi connectivity index (χ2n) is 7.47. The third-order valence-electron chi connectivity index (χ3n) is 5.43. The summed E-state index contributed by atoms with van der Waals surface area (Å²) >= 11 is 6.20. The molecule has 1 atom stereocenters. The highest BCUT2D eigenvalue weighted by molar-refractivity contribution is 6.32. The van der Waals surface area contributed by atoms with E-state index in [1.165, 1.54) is 35.2 Å². The minimum atomic E-state index is -0.979. The molecule has 0 spiro atoms. The number of carbonyl (C=O) groups excluding carboxylic acids is 1. The molecule has 11 heteroatoms. The van der Waals surface area contributed by atoms with Gasteiger partial charge >= 0.3 is 0 Å². The molecule has 0 aliphatic carbocycles. The van der Waals surface area contributed by atoms with Crippen molar-refractivity contribution in [2.24, 2.45) is 5.10 Å². The van der Waals surface area contributed by atoms with Crippen LogP contribution in [0.25, 0.3) is 11.1 Å². The molecule has 2 aromatic carbocycles. The molecule has 2 aromatic rings. The van der Waals surface area contributed by atoms with Crippen LogP contribution in [-0.2, 0) is 4.74 Å². The smallest absolute Gasteiger partial charge is 0.254 e. The van der Waals surface area contributed by atoms with E-state index in [0.717, 1.165) is 0 Å². The van der Waals surface area contributed by atoms with E-state index in [9.17, 15) is 19.6 Å². The van der Waals surface area contributed by atoms with Crippen LogP contribution >= 0.6 is 11.6 Å². The summed E-state index contributed by atoms with van der Waals surface area (Å²) in [5.41, 5.74) is 3.30. The molecule has 33 heavy (non-hydrogen) atoms. The number of likely N-dealkylation sites (N-methyl/N-ethyl adjacent to an activating group) is 1.